The molecule has 1 aromatic rings. The van der Waals surface area contributed by atoms with Crippen molar-refractivity contribution in [2.75, 3.05) is 5.75 Å². The summed E-state index contributed by atoms with van der Waals surface area (Å²) in [7, 11) is -4.55. The third-order valence-electron chi connectivity index (χ3n) is 2.43. The smallest absolute Gasteiger partial charge is 0.336 e. The molecule has 1 atom stereocenters. The van der Waals surface area contributed by atoms with Crippen molar-refractivity contribution in [3.8, 4) is 0 Å². The van der Waals surface area contributed by atoms with Gasteiger partial charge < -0.3 is 16.2 Å². The monoisotopic (exact) mass is 316 g/mol. The minimum atomic E-state index is -4.55. The number of carbonyl (C=O) groups is 3. The number of carbonyl (C=O) groups excluding carboxylic acids is 2. The average molecular weight is 316 g/mol. The van der Waals surface area contributed by atoms with Crippen molar-refractivity contribution >= 4 is 27.9 Å². The molecule has 2 amide bonds. The molecule has 0 aliphatic heterocycles. The number of rotatable bonds is 6. The first kappa shape index (κ1) is 16.6. The van der Waals surface area contributed by atoms with Gasteiger partial charge in [-0.15, -0.1) is 0 Å². The van der Waals surface area contributed by atoms with E-state index in [2.05, 4.69) is 0 Å². The highest BCUT2D eigenvalue weighted by Gasteiger charge is 2.26. The number of aromatic carboxylic acids is 1. The average Bonchev–Trinajstić information content (AvgIpc) is 2.36. The summed E-state index contributed by atoms with van der Waals surface area (Å²) in [6, 6.07) is 3.45. The van der Waals surface area contributed by atoms with Crippen LogP contribution in [0.5, 0.6) is 0 Å². The van der Waals surface area contributed by atoms with Gasteiger partial charge in [-0.3, -0.25) is 14.1 Å². The second kappa shape index (κ2) is 6.33. The van der Waals surface area contributed by atoms with Crippen LogP contribution in [0.15, 0.2) is 24.3 Å². The lowest BCUT2D eigenvalue weighted by Gasteiger charge is -2.14. The van der Waals surface area contributed by atoms with E-state index < -0.39 is 39.7 Å². The second-order valence-corrected chi connectivity index (χ2v) is 5.52. The van der Waals surface area contributed by atoms with Gasteiger partial charge in [0.15, 0.2) is 0 Å². The Morgan fingerprint density at radius 2 is 1.71 bits per heavy atom. The topological polar surface area (TPSA) is 164 Å². The Balaban J connectivity index is 3.03. The van der Waals surface area contributed by atoms with Gasteiger partial charge in [0.1, 0.15) is 11.8 Å². The molecule has 1 rings (SSSR count). The molecule has 9 nitrogen and oxygen atoms in total. The van der Waals surface area contributed by atoms with Crippen LogP contribution in [0.3, 0.4) is 0 Å². The zero-order valence-corrected chi connectivity index (χ0v) is 11.3. The van der Waals surface area contributed by atoms with Crippen LogP contribution in [0.25, 0.3) is 0 Å². The maximum Gasteiger partial charge on any atom is 0.336 e. The molecule has 0 bridgehead atoms. The van der Waals surface area contributed by atoms with E-state index >= 15 is 0 Å². The molecule has 0 fully saturated rings. The van der Waals surface area contributed by atoms with Gasteiger partial charge in [0.25, 0.3) is 16.0 Å². The maximum atomic E-state index is 11.9. The van der Waals surface area contributed by atoms with Gasteiger partial charge in [0.2, 0.25) is 5.91 Å². The predicted molar refractivity (Wildman–Crippen MR) is 70.3 cm³/mol. The quantitative estimate of drug-likeness (QED) is 0.481. The molecule has 0 saturated carbocycles. The lowest BCUT2D eigenvalue weighted by molar-refractivity contribution is -0.119. The Hall–Kier alpha value is -2.46. The molecule has 0 unspecified atom stereocenters. The van der Waals surface area contributed by atoms with Crippen molar-refractivity contribution in [2.24, 2.45) is 5.73 Å². The van der Waals surface area contributed by atoms with E-state index in [0.29, 0.717) is 0 Å². The van der Waals surface area contributed by atoms with Crippen molar-refractivity contribution in [1.82, 2.24) is 5.32 Å². The zero-order valence-electron chi connectivity index (χ0n) is 10.5. The van der Waals surface area contributed by atoms with Crippen LogP contribution in [0, 0.1) is 0 Å². The fraction of sp³-hybridized carbons (Fsp3) is 0.182. The van der Waals surface area contributed by atoms with Gasteiger partial charge in [-0.2, -0.15) is 8.42 Å². The van der Waals surface area contributed by atoms with Gasteiger partial charge in [0, 0.05) is 0 Å². The molecular formula is C11H12N2O7S. The van der Waals surface area contributed by atoms with Crippen LogP contribution in [0.4, 0.5) is 0 Å². The van der Waals surface area contributed by atoms with Gasteiger partial charge in [-0.1, -0.05) is 12.1 Å². The highest BCUT2D eigenvalue weighted by molar-refractivity contribution is 7.85. The highest BCUT2D eigenvalue weighted by Crippen LogP contribution is 2.09. The number of benzene rings is 1. The summed E-state index contributed by atoms with van der Waals surface area (Å²) in [5.41, 5.74) is 4.32. The molecule has 0 aromatic heterocycles. The van der Waals surface area contributed by atoms with E-state index in [1.54, 1.807) is 0 Å². The number of carboxylic acids is 1. The first-order valence-electron chi connectivity index (χ1n) is 5.49. The Morgan fingerprint density at radius 1 is 1.19 bits per heavy atom. The van der Waals surface area contributed by atoms with Crippen molar-refractivity contribution < 1.29 is 32.5 Å². The highest BCUT2D eigenvalue weighted by atomic mass is 32.2. The molecule has 0 saturated heterocycles. The number of nitrogens with two attached hydrogens (primary N) is 1. The third-order valence-corrected chi connectivity index (χ3v) is 3.18. The van der Waals surface area contributed by atoms with E-state index in [0.717, 1.165) is 0 Å². The zero-order chi connectivity index (χ0) is 16.2. The first-order chi connectivity index (χ1) is 9.61. The fourth-order valence-corrected chi connectivity index (χ4v) is 2.18. The summed E-state index contributed by atoms with van der Waals surface area (Å²) in [5.74, 6) is -4.66. The summed E-state index contributed by atoms with van der Waals surface area (Å²) in [6.45, 7) is 0. The molecule has 5 N–H and O–H groups in total. The van der Waals surface area contributed by atoms with E-state index in [4.69, 9.17) is 15.4 Å². The molecular weight excluding hydrogens is 304 g/mol. The van der Waals surface area contributed by atoms with Gasteiger partial charge >= 0.3 is 5.97 Å². The van der Waals surface area contributed by atoms with E-state index in [9.17, 15) is 22.8 Å². The summed E-state index contributed by atoms with van der Waals surface area (Å²) in [5, 5.41) is 10.9. The number of amides is 2. The molecule has 114 valence electrons. The summed E-state index contributed by atoms with van der Waals surface area (Å²) in [6.07, 6.45) is 0. The number of carboxylic acid groups (broad SMARTS) is 1. The largest absolute Gasteiger partial charge is 0.478 e. The minimum Gasteiger partial charge on any atom is -0.478 e. The van der Waals surface area contributed by atoms with Crippen LogP contribution in [0.1, 0.15) is 20.7 Å². The number of hydrogen-bond acceptors (Lipinski definition) is 5. The molecule has 21 heavy (non-hydrogen) atoms. The Morgan fingerprint density at radius 3 is 2.14 bits per heavy atom. The van der Waals surface area contributed by atoms with Crippen LogP contribution in [0.2, 0.25) is 0 Å². The minimum absolute atomic E-state index is 0.272. The van der Waals surface area contributed by atoms with Crippen molar-refractivity contribution in [3.05, 3.63) is 35.4 Å². The van der Waals surface area contributed by atoms with Gasteiger partial charge in [-0.25, -0.2) is 4.79 Å². The normalized spacial score (nSPS) is 12.4. The van der Waals surface area contributed by atoms with E-state index in [-0.39, 0.29) is 11.1 Å². The van der Waals surface area contributed by atoms with Crippen LogP contribution < -0.4 is 11.1 Å². The number of hydrogen-bond donors (Lipinski definition) is 4. The van der Waals surface area contributed by atoms with Crippen LogP contribution in [-0.2, 0) is 14.9 Å². The Kier molecular flexibility index (Phi) is 5.00. The van der Waals surface area contributed by atoms with E-state index in [1.165, 1.54) is 24.3 Å². The third kappa shape index (κ3) is 4.85. The SMILES string of the molecule is NC(=O)[C@H](CS(=O)(=O)O)NC(=O)c1ccccc1C(=O)O. The van der Waals surface area contributed by atoms with Gasteiger partial charge in [0.05, 0.1) is 11.1 Å². The molecule has 0 aliphatic rings. The van der Waals surface area contributed by atoms with Crippen molar-refractivity contribution in [2.45, 2.75) is 6.04 Å². The number of nitrogens with one attached hydrogen (secondary N) is 1. The second-order valence-electron chi connectivity index (χ2n) is 4.03. The summed E-state index contributed by atoms with van der Waals surface area (Å²) in [4.78, 5) is 34.0. The van der Waals surface area contributed by atoms with Crippen LogP contribution >= 0.6 is 0 Å². The standard InChI is InChI=1S/C11H12N2O7S/c12-9(14)8(5-21(18,19)20)13-10(15)6-3-1-2-4-7(6)11(16)17/h1-4,8H,5H2,(H2,12,14)(H,13,15)(H,16,17)(H,18,19,20)/t8-/m0/s1. The van der Waals surface area contributed by atoms with Crippen LogP contribution in [-0.4, -0.2) is 47.7 Å². The summed E-state index contributed by atoms with van der Waals surface area (Å²) >= 11 is 0. The molecule has 10 heteroatoms. The van der Waals surface area contributed by atoms with Crippen molar-refractivity contribution in [1.29, 1.82) is 0 Å². The van der Waals surface area contributed by atoms with Gasteiger partial charge in [-0.05, 0) is 12.1 Å². The fourth-order valence-electron chi connectivity index (χ4n) is 1.51. The molecule has 1 aromatic carbocycles. The van der Waals surface area contributed by atoms with E-state index in [1.807, 2.05) is 5.32 Å². The first-order valence-corrected chi connectivity index (χ1v) is 7.10. The lowest BCUT2D eigenvalue weighted by Crippen LogP contribution is -2.48. The summed E-state index contributed by atoms with van der Waals surface area (Å²) < 4.78 is 30.2. The number of primary amides is 1. The Bertz CT molecular complexity index is 684. The molecule has 0 aliphatic carbocycles. The Labute approximate surface area is 119 Å². The lowest BCUT2D eigenvalue weighted by atomic mass is 10.1. The molecule has 0 radical (unpaired) electrons. The predicted octanol–water partition coefficient (Wildman–Crippen LogP) is -1.14. The molecule has 0 heterocycles. The van der Waals surface area contributed by atoms with Crippen molar-refractivity contribution in [3.63, 3.8) is 0 Å². The molecule has 0 spiro atoms. The maximum absolute atomic E-state index is 11.9.